The molecule has 0 aliphatic rings. The standard InChI is InChI=1S/C16H14N2O/c1-18(2)15-8-6-14(7-9-15)16(19)10-5-13-4-3-11-17-12-13/h3-4,6-9,11-12H,1-2H3. The molecule has 0 aliphatic carbocycles. The average Bonchev–Trinajstić information content (AvgIpc) is 2.46. The van der Waals surface area contributed by atoms with Gasteiger partial charge in [-0.05, 0) is 42.3 Å². The number of anilines is 1. The molecule has 19 heavy (non-hydrogen) atoms. The molecule has 1 aromatic heterocycles. The zero-order valence-corrected chi connectivity index (χ0v) is 10.9. The first-order valence-electron chi connectivity index (χ1n) is 5.90. The number of rotatable bonds is 2. The molecule has 2 rings (SSSR count). The highest BCUT2D eigenvalue weighted by Crippen LogP contribution is 2.12. The van der Waals surface area contributed by atoms with E-state index >= 15 is 0 Å². The summed E-state index contributed by atoms with van der Waals surface area (Å²) in [6.07, 6.45) is 3.31. The zero-order chi connectivity index (χ0) is 13.7. The normalized spacial score (nSPS) is 9.37. The molecule has 0 aliphatic heterocycles. The van der Waals surface area contributed by atoms with Gasteiger partial charge in [0.1, 0.15) is 0 Å². The van der Waals surface area contributed by atoms with Gasteiger partial charge in [-0.1, -0.05) is 5.92 Å². The van der Waals surface area contributed by atoms with Gasteiger partial charge in [0.15, 0.2) is 0 Å². The van der Waals surface area contributed by atoms with Gasteiger partial charge in [0.2, 0.25) is 5.78 Å². The van der Waals surface area contributed by atoms with Gasteiger partial charge in [0.25, 0.3) is 0 Å². The van der Waals surface area contributed by atoms with Crippen LogP contribution in [0.1, 0.15) is 15.9 Å². The fourth-order valence-corrected chi connectivity index (χ4v) is 1.55. The summed E-state index contributed by atoms with van der Waals surface area (Å²) in [5.74, 6) is 5.24. The van der Waals surface area contributed by atoms with Crippen LogP contribution in [-0.2, 0) is 0 Å². The quantitative estimate of drug-likeness (QED) is 0.606. The minimum Gasteiger partial charge on any atom is -0.378 e. The van der Waals surface area contributed by atoms with Gasteiger partial charge in [0.05, 0.1) is 0 Å². The third-order valence-electron chi connectivity index (χ3n) is 2.63. The summed E-state index contributed by atoms with van der Waals surface area (Å²) in [4.78, 5) is 17.8. The van der Waals surface area contributed by atoms with E-state index in [2.05, 4.69) is 16.8 Å². The molecular weight excluding hydrogens is 236 g/mol. The third kappa shape index (κ3) is 3.43. The summed E-state index contributed by atoms with van der Waals surface area (Å²) >= 11 is 0. The van der Waals surface area contributed by atoms with Gasteiger partial charge >= 0.3 is 0 Å². The van der Waals surface area contributed by atoms with Crippen LogP contribution in [0.2, 0.25) is 0 Å². The lowest BCUT2D eigenvalue weighted by molar-refractivity contribution is 0.105. The molecule has 1 heterocycles. The molecule has 0 unspecified atom stereocenters. The van der Waals surface area contributed by atoms with Gasteiger partial charge in [-0.15, -0.1) is 0 Å². The number of nitrogens with zero attached hydrogens (tertiary/aromatic N) is 2. The van der Waals surface area contributed by atoms with Crippen molar-refractivity contribution >= 4 is 11.5 Å². The highest BCUT2D eigenvalue weighted by molar-refractivity contribution is 6.09. The second-order valence-electron chi connectivity index (χ2n) is 4.26. The van der Waals surface area contributed by atoms with Crippen LogP contribution in [0.5, 0.6) is 0 Å². The van der Waals surface area contributed by atoms with E-state index in [-0.39, 0.29) is 5.78 Å². The van der Waals surface area contributed by atoms with E-state index in [1.54, 1.807) is 30.6 Å². The first kappa shape index (κ1) is 12.8. The molecule has 0 radical (unpaired) electrons. The van der Waals surface area contributed by atoms with Gasteiger partial charge in [-0.2, -0.15) is 0 Å². The molecule has 0 saturated heterocycles. The highest BCUT2D eigenvalue weighted by Gasteiger charge is 2.02. The van der Waals surface area contributed by atoms with Crippen molar-refractivity contribution in [1.82, 2.24) is 4.98 Å². The zero-order valence-electron chi connectivity index (χ0n) is 10.9. The smallest absolute Gasteiger partial charge is 0.236 e. The molecule has 0 N–H and O–H groups in total. The summed E-state index contributed by atoms with van der Waals surface area (Å²) in [5, 5.41) is 0. The lowest BCUT2D eigenvalue weighted by atomic mass is 10.1. The Kier molecular flexibility index (Phi) is 3.94. The predicted octanol–water partition coefficient (Wildman–Crippen LogP) is 2.38. The van der Waals surface area contributed by atoms with E-state index in [1.807, 2.05) is 37.2 Å². The van der Waals surface area contributed by atoms with Crippen LogP contribution in [0.25, 0.3) is 0 Å². The van der Waals surface area contributed by atoms with Crippen LogP contribution in [0.4, 0.5) is 5.69 Å². The Bertz CT molecular complexity index is 619. The van der Waals surface area contributed by atoms with E-state index in [1.165, 1.54) is 0 Å². The molecule has 3 nitrogen and oxygen atoms in total. The summed E-state index contributed by atoms with van der Waals surface area (Å²) in [6.45, 7) is 0. The van der Waals surface area contributed by atoms with Gasteiger partial charge in [-0.3, -0.25) is 9.78 Å². The van der Waals surface area contributed by atoms with Crippen LogP contribution in [0.15, 0.2) is 48.8 Å². The number of hydrogen-bond donors (Lipinski definition) is 0. The van der Waals surface area contributed by atoms with Crippen LogP contribution >= 0.6 is 0 Å². The molecule has 0 atom stereocenters. The van der Waals surface area contributed by atoms with Crippen molar-refractivity contribution in [2.75, 3.05) is 19.0 Å². The molecule has 0 bridgehead atoms. The minimum atomic E-state index is -0.186. The van der Waals surface area contributed by atoms with Crippen molar-refractivity contribution in [1.29, 1.82) is 0 Å². The Hall–Kier alpha value is -2.60. The molecule has 3 heteroatoms. The Morgan fingerprint density at radius 1 is 1.16 bits per heavy atom. The van der Waals surface area contributed by atoms with E-state index in [0.717, 1.165) is 11.3 Å². The number of pyridine rings is 1. The fraction of sp³-hybridized carbons (Fsp3) is 0.125. The Labute approximate surface area is 112 Å². The van der Waals surface area contributed by atoms with Gasteiger partial charge in [0, 0.05) is 43.3 Å². The van der Waals surface area contributed by atoms with Crippen LogP contribution in [-0.4, -0.2) is 24.9 Å². The van der Waals surface area contributed by atoms with Gasteiger partial charge in [-0.25, -0.2) is 0 Å². The van der Waals surface area contributed by atoms with Crippen molar-refractivity contribution in [2.24, 2.45) is 0 Å². The number of ketones is 1. The second-order valence-corrected chi connectivity index (χ2v) is 4.26. The fourth-order valence-electron chi connectivity index (χ4n) is 1.55. The van der Waals surface area contributed by atoms with Gasteiger partial charge < -0.3 is 4.90 Å². The van der Waals surface area contributed by atoms with Crippen LogP contribution in [0, 0.1) is 11.8 Å². The number of hydrogen-bond acceptors (Lipinski definition) is 3. The number of carbonyl (C=O) groups excluding carboxylic acids is 1. The average molecular weight is 250 g/mol. The summed E-state index contributed by atoms with van der Waals surface area (Å²) in [6, 6.07) is 11.0. The first-order chi connectivity index (χ1) is 9.16. The molecule has 1 aromatic carbocycles. The molecule has 0 fully saturated rings. The third-order valence-corrected chi connectivity index (χ3v) is 2.63. The molecule has 2 aromatic rings. The molecule has 94 valence electrons. The monoisotopic (exact) mass is 250 g/mol. The topological polar surface area (TPSA) is 33.2 Å². The maximum atomic E-state index is 11.9. The lowest BCUT2D eigenvalue weighted by Gasteiger charge is -2.11. The van der Waals surface area contributed by atoms with E-state index in [4.69, 9.17) is 0 Å². The van der Waals surface area contributed by atoms with Crippen LogP contribution in [0.3, 0.4) is 0 Å². The molecule has 0 saturated carbocycles. The second kappa shape index (κ2) is 5.83. The van der Waals surface area contributed by atoms with Crippen LogP contribution < -0.4 is 4.90 Å². The minimum absolute atomic E-state index is 0.186. The number of Topliss-reactive ketones (excluding diaryl/α,β-unsaturated/α-hetero) is 1. The van der Waals surface area contributed by atoms with Crippen molar-refractivity contribution in [2.45, 2.75) is 0 Å². The maximum absolute atomic E-state index is 11.9. The lowest BCUT2D eigenvalue weighted by Crippen LogP contribution is -2.08. The molecule has 0 spiro atoms. The Morgan fingerprint density at radius 3 is 2.47 bits per heavy atom. The molecule has 0 amide bonds. The maximum Gasteiger partial charge on any atom is 0.236 e. The summed E-state index contributed by atoms with van der Waals surface area (Å²) in [5.41, 5.74) is 2.39. The number of carbonyl (C=O) groups is 1. The highest BCUT2D eigenvalue weighted by atomic mass is 16.1. The van der Waals surface area contributed by atoms with E-state index < -0.39 is 0 Å². The summed E-state index contributed by atoms with van der Waals surface area (Å²) in [7, 11) is 3.91. The summed E-state index contributed by atoms with van der Waals surface area (Å²) < 4.78 is 0. The van der Waals surface area contributed by atoms with Crippen molar-refractivity contribution in [3.8, 4) is 11.8 Å². The Balaban J connectivity index is 2.15. The number of aromatic nitrogens is 1. The largest absolute Gasteiger partial charge is 0.378 e. The van der Waals surface area contributed by atoms with Crippen molar-refractivity contribution in [3.05, 3.63) is 59.9 Å². The SMILES string of the molecule is CN(C)c1ccc(C(=O)C#Cc2cccnc2)cc1. The van der Waals surface area contributed by atoms with Crippen molar-refractivity contribution in [3.63, 3.8) is 0 Å². The molecular formula is C16H14N2O. The van der Waals surface area contributed by atoms with Crippen molar-refractivity contribution < 1.29 is 4.79 Å². The Morgan fingerprint density at radius 2 is 1.89 bits per heavy atom. The van der Waals surface area contributed by atoms with E-state index in [9.17, 15) is 4.79 Å². The first-order valence-corrected chi connectivity index (χ1v) is 5.90. The number of benzene rings is 1. The van der Waals surface area contributed by atoms with E-state index in [0.29, 0.717) is 5.56 Å². The predicted molar refractivity (Wildman–Crippen MR) is 76.2 cm³/mol.